The second-order valence-corrected chi connectivity index (χ2v) is 4.27. The molecule has 3 N–H and O–H groups in total. The fourth-order valence-electron chi connectivity index (χ4n) is 1.56. The van der Waals surface area contributed by atoms with Crippen LogP contribution in [0.3, 0.4) is 0 Å². The predicted octanol–water partition coefficient (Wildman–Crippen LogP) is 2.72. The van der Waals surface area contributed by atoms with Gasteiger partial charge in [-0.05, 0) is 18.2 Å². The average Bonchev–Trinajstić information content (AvgIpc) is 2.43. The molecule has 0 unspecified atom stereocenters. The number of anilines is 2. The Bertz CT molecular complexity index is 664. The Morgan fingerprint density at radius 2 is 2.20 bits per heavy atom. The van der Waals surface area contributed by atoms with Crippen LogP contribution in [-0.2, 0) is 0 Å². The average molecular weight is 296 g/mol. The lowest BCUT2D eigenvalue weighted by molar-refractivity contribution is 0.102. The van der Waals surface area contributed by atoms with Crippen LogP contribution >= 0.6 is 11.6 Å². The van der Waals surface area contributed by atoms with Crippen LogP contribution in [0, 0.1) is 5.82 Å². The SMILES string of the molecule is COc1cc(NC(=O)c2cc(N)cnc2Cl)ccc1F. The van der Waals surface area contributed by atoms with Crippen LogP contribution in [0.2, 0.25) is 5.15 Å². The number of aromatic nitrogens is 1. The lowest BCUT2D eigenvalue weighted by Gasteiger charge is -2.09. The standard InChI is InChI=1S/C13H11ClFN3O2/c1-20-11-5-8(2-3-10(11)15)18-13(19)9-4-7(16)6-17-12(9)14/h2-6H,16H2,1H3,(H,18,19). The molecule has 0 saturated heterocycles. The lowest BCUT2D eigenvalue weighted by Crippen LogP contribution is -2.13. The van der Waals surface area contributed by atoms with Gasteiger partial charge < -0.3 is 15.8 Å². The third kappa shape index (κ3) is 2.97. The molecule has 0 atom stereocenters. The zero-order valence-electron chi connectivity index (χ0n) is 10.5. The molecule has 1 amide bonds. The molecule has 0 radical (unpaired) electrons. The highest BCUT2D eigenvalue weighted by molar-refractivity contribution is 6.33. The Morgan fingerprint density at radius 3 is 2.90 bits per heavy atom. The number of nitrogens with zero attached hydrogens (tertiary/aromatic N) is 1. The van der Waals surface area contributed by atoms with Crippen LogP contribution < -0.4 is 15.8 Å². The van der Waals surface area contributed by atoms with Gasteiger partial charge in [0.05, 0.1) is 24.6 Å². The van der Waals surface area contributed by atoms with Gasteiger partial charge in [-0.2, -0.15) is 0 Å². The van der Waals surface area contributed by atoms with Gasteiger partial charge in [-0.1, -0.05) is 11.6 Å². The molecule has 1 heterocycles. The van der Waals surface area contributed by atoms with E-state index in [0.717, 1.165) is 0 Å². The van der Waals surface area contributed by atoms with Crippen LogP contribution in [0.4, 0.5) is 15.8 Å². The van der Waals surface area contributed by atoms with Gasteiger partial charge >= 0.3 is 0 Å². The number of nitrogen functional groups attached to an aromatic ring is 1. The summed E-state index contributed by atoms with van der Waals surface area (Å²) in [6.07, 6.45) is 1.35. The molecule has 0 aliphatic carbocycles. The highest BCUT2D eigenvalue weighted by Crippen LogP contribution is 2.23. The van der Waals surface area contributed by atoms with E-state index in [2.05, 4.69) is 10.3 Å². The summed E-state index contributed by atoms with van der Waals surface area (Å²) >= 11 is 5.83. The largest absolute Gasteiger partial charge is 0.494 e. The van der Waals surface area contributed by atoms with E-state index in [9.17, 15) is 9.18 Å². The summed E-state index contributed by atoms with van der Waals surface area (Å²) < 4.78 is 18.1. The van der Waals surface area contributed by atoms with Crippen LogP contribution in [0.25, 0.3) is 0 Å². The molecule has 2 aromatic rings. The van der Waals surface area contributed by atoms with Gasteiger partial charge in [-0.25, -0.2) is 9.37 Å². The first-order chi connectivity index (χ1) is 9.51. The first-order valence-electron chi connectivity index (χ1n) is 5.57. The Balaban J connectivity index is 2.25. The zero-order chi connectivity index (χ0) is 14.7. The van der Waals surface area contributed by atoms with Crippen molar-refractivity contribution in [3.8, 4) is 5.75 Å². The first kappa shape index (κ1) is 14.1. The Labute approximate surface area is 119 Å². The lowest BCUT2D eigenvalue weighted by atomic mass is 10.2. The third-order valence-electron chi connectivity index (χ3n) is 2.51. The van der Waals surface area contributed by atoms with E-state index in [1.54, 1.807) is 0 Å². The number of pyridine rings is 1. The molecule has 0 aliphatic heterocycles. The minimum Gasteiger partial charge on any atom is -0.494 e. The Kier molecular flexibility index (Phi) is 4.05. The van der Waals surface area contributed by atoms with E-state index < -0.39 is 11.7 Å². The summed E-state index contributed by atoms with van der Waals surface area (Å²) in [4.78, 5) is 15.8. The van der Waals surface area contributed by atoms with Crippen molar-refractivity contribution in [2.24, 2.45) is 0 Å². The number of carbonyl (C=O) groups is 1. The minimum atomic E-state index is -0.519. The number of ether oxygens (including phenoxy) is 1. The number of hydrogen-bond donors (Lipinski definition) is 2. The summed E-state index contributed by atoms with van der Waals surface area (Å²) in [6, 6.07) is 5.36. The van der Waals surface area contributed by atoms with E-state index in [1.165, 1.54) is 37.6 Å². The molecule has 0 aliphatic rings. The van der Waals surface area contributed by atoms with E-state index >= 15 is 0 Å². The van der Waals surface area contributed by atoms with Gasteiger partial charge in [0.25, 0.3) is 5.91 Å². The van der Waals surface area contributed by atoms with Crippen molar-refractivity contribution in [2.45, 2.75) is 0 Å². The second-order valence-electron chi connectivity index (χ2n) is 3.91. The summed E-state index contributed by atoms with van der Waals surface area (Å²) in [5.41, 5.74) is 6.37. The Hall–Kier alpha value is -2.34. The number of rotatable bonds is 3. The molecule has 5 nitrogen and oxygen atoms in total. The highest BCUT2D eigenvalue weighted by Gasteiger charge is 2.13. The maximum Gasteiger partial charge on any atom is 0.258 e. The minimum absolute atomic E-state index is 0.0274. The van der Waals surface area contributed by atoms with Gasteiger partial charge in [0.15, 0.2) is 11.6 Å². The van der Waals surface area contributed by atoms with Crippen LogP contribution in [0.15, 0.2) is 30.5 Å². The summed E-state index contributed by atoms with van der Waals surface area (Å²) in [5.74, 6) is -0.989. The molecule has 2 rings (SSSR count). The van der Waals surface area contributed by atoms with Crippen molar-refractivity contribution >= 4 is 28.9 Å². The van der Waals surface area contributed by atoms with Crippen molar-refractivity contribution < 1.29 is 13.9 Å². The van der Waals surface area contributed by atoms with Crippen molar-refractivity contribution in [3.63, 3.8) is 0 Å². The van der Waals surface area contributed by atoms with Crippen molar-refractivity contribution in [1.82, 2.24) is 4.98 Å². The number of carbonyl (C=O) groups excluding carboxylic acids is 1. The second kappa shape index (κ2) is 5.75. The number of halogens is 2. The number of benzene rings is 1. The summed E-state index contributed by atoms with van der Waals surface area (Å²) in [5, 5.41) is 2.60. The molecule has 20 heavy (non-hydrogen) atoms. The molecule has 7 heteroatoms. The number of nitrogens with one attached hydrogen (secondary N) is 1. The molecule has 0 fully saturated rings. The van der Waals surface area contributed by atoms with Gasteiger partial charge in [0.2, 0.25) is 0 Å². The molecule has 1 aromatic heterocycles. The smallest absolute Gasteiger partial charge is 0.258 e. The third-order valence-corrected chi connectivity index (χ3v) is 2.82. The maximum absolute atomic E-state index is 13.3. The van der Waals surface area contributed by atoms with Gasteiger partial charge in [0.1, 0.15) is 5.15 Å². The highest BCUT2D eigenvalue weighted by atomic mass is 35.5. The van der Waals surface area contributed by atoms with Crippen LogP contribution in [0.5, 0.6) is 5.75 Å². The van der Waals surface area contributed by atoms with Gasteiger partial charge in [-0.15, -0.1) is 0 Å². The number of hydrogen-bond acceptors (Lipinski definition) is 4. The number of methoxy groups -OCH3 is 1. The molecule has 104 valence electrons. The zero-order valence-corrected chi connectivity index (χ0v) is 11.2. The van der Waals surface area contributed by atoms with Crippen LogP contribution in [0.1, 0.15) is 10.4 Å². The fourth-order valence-corrected chi connectivity index (χ4v) is 1.75. The quantitative estimate of drug-likeness (QED) is 0.854. The number of amides is 1. The molecule has 0 bridgehead atoms. The Morgan fingerprint density at radius 1 is 1.45 bits per heavy atom. The predicted molar refractivity (Wildman–Crippen MR) is 74.6 cm³/mol. The van der Waals surface area contributed by atoms with E-state index in [1.807, 2.05) is 0 Å². The summed E-state index contributed by atoms with van der Waals surface area (Å²) in [6.45, 7) is 0. The molecule has 1 aromatic carbocycles. The normalized spacial score (nSPS) is 10.2. The van der Waals surface area contributed by atoms with E-state index in [0.29, 0.717) is 11.4 Å². The fraction of sp³-hybridized carbons (Fsp3) is 0.0769. The number of nitrogens with two attached hydrogens (primary N) is 1. The van der Waals surface area contributed by atoms with Gasteiger partial charge in [-0.3, -0.25) is 4.79 Å². The molecule has 0 saturated carbocycles. The van der Waals surface area contributed by atoms with Crippen molar-refractivity contribution in [1.29, 1.82) is 0 Å². The van der Waals surface area contributed by atoms with Gasteiger partial charge in [0, 0.05) is 11.8 Å². The van der Waals surface area contributed by atoms with E-state index in [4.69, 9.17) is 22.1 Å². The first-order valence-corrected chi connectivity index (χ1v) is 5.95. The maximum atomic E-state index is 13.3. The monoisotopic (exact) mass is 295 g/mol. The molecular formula is C13H11ClFN3O2. The van der Waals surface area contributed by atoms with Crippen molar-refractivity contribution in [2.75, 3.05) is 18.2 Å². The van der Waals surface area contributed by atoms with E-state index in [-0.39, 0.29) is 16.5 Å². The summed E-state index contributed by atoms with van der Waals surface area (Å²) in [7, 11) is 1.34. The topological polar surface area (TPSA) is 77.2 Å². The van der Waals surface area contributed by atoms with Crippen molar-refractivity contribution in [3.05, 3.63) is 47.0 Å². The molecular weight excluding hydrogens is 285 g/mol. The molecule has 0 spiro atoms. The van der Waals surface area contributed by atoms with Crippen LogP contribution in [-0.4, -0.2) is 18.0 Å².